The van der Waals surface area contributed by atoms with E-state index in [-0.39, 0.29) is 6.03 Å². The number of amides is 2. The zero-order valence-corrected chi connectivity index (χ0v) is 8.10. The van der Waals surface area contributed by atoms with Crippen molar-refractivity contribution in [3.05, 3.63) is 24.5 Å². The Hall–Kier alpha value is -1.58. The second kappa shape index (κ2) is 3.65. The summed E-state index contributed by atoms with van der Waals surface area (Å²) in [6.07, 6.45) is 5.57. The van der Waals surface area contributed by atoms with Gasteiger partial charge in [0.1, 0.15) is 0 Å². The summed E-state index contributed by atoms with van der Waals surface area (Å²) in [6, 6.07) is 4.01. The minimum atomic E-state index is -0.0551. The van der Waals surface area contributed by atoms with E-state index in [1.54, 1.807) is 24.3 Å². The van der Waals surface area contributed by atoms with Crippen LogP contribution in [0.2, 0.25) is 0 Å². The summed E-state index contributed by atoms with van der Waals surface area (Å²) in [5.74, 6) is 0. The van der Waals surface area contributed by atoms with Crippen molar-refractivity contribution < 1.29 is 4.79 Å². The van der Waals surface area contributed by atoms with Gasteiger partial charge >= 0.3 is 6.03 Å². The largest absolute Gasteiger partial charge is 0.335 e. The van der Waals surface area contributed by atoms with Crippen LogP contribution in [0.25, 0.3) is 0 Å². The van der Waals surface area contributed by atoms with Gasteiger partial charge in [-0.15, -0.1) is 0 Å². The lowest BCUT2D eigenvalue weighted by molar-refractivity contribution is 0.247. The molecule has 0 aromatic carbocycles. The monoisotopic (exact) mass is 191 g/mol. The van der Waals surface area contributed by atoms with Gasteiger partial charge in [-0.1, -0.05) is 0 Å². The van der Waals surface area contributed by atoms with Crippen molar-refractivity contribution in [3.8, 4) is 0 Å². The van der Waals surface area contributed by atoms with Crippen LogP contribution in [0.4, 0.5) is 10.5 Å². The van der Waals surface area contributed by atoms with E-state index < -0.39 is 0 Å². The molecule has 0 bridgehead atoms. The van der Waals surface area contributed by atoms with Crippen LogP contribution in [0.15, 0.2) is 24.5 Å². The first kappa shape index (κ1) is 8.99. The van der Waals surface area contributed by atoms with Crippen LogP contribution >= 0.6 is 0 Å². The van der Waals surface area contributed by atoms with Gasteiger partial charge in [0, 0.05) is 19.3 Å². The Morgan fingerprint density at radius 1 is 1.64 bits per heavy atom. The zero-order valence-electron chi connectivity index (χ0n) is 8.10. The summed E-state index contributed by atoms with van der Waals surface area (Å²) < 4.78 is 0. The fraction of sp³-hybridized carbons (Fsp3) is 0.400. The number of carbonyl (C=O) groups is 1. The first-order valence-electron chi connectivity index (χ1n) is 4.71. The second-order valence-corrected chi connectivity index (χ2v) is 3.49. The van der Waals surface area contributed by atoms with Crippen molar-refractivity contribution in [1.29, 1.82) is 0 Å². The van der Waals surface area contributed by atoms with E-state index in [1.165, 1.54) is 0 Å². The van der Waals surface area contributed by atoms with Crippen molar-refractivity contribution in [2.45, 2.75) is 18.9 Å². The first-order valence-corrected chi connectivity index (χ1v) is 4.71. The molecule has 0 aliphatic heterocycles. The first-order chi connectivity index (χ1) is 6.77. The van der Waals surface area contributed by atoms with E-state index in [4.69, 9.17) is 0 Å². The molecule has 1 aliphatic rings. The molecule has 1 aliphatic carbocycles. The van der Waals surface area contributed by atoms with Gasteiger partial charge in [0.25, 0.3) is 0 Å². The summed E-state index contributed by atoms with van der Waals surface area (Å²) in [6.45, 7) is 0. The maximum atomic E-state index is 11.6. The van der Waals surface area contributed by atoms with Gasteiger partial charge in [0.05, 0.1) is 11.9 Å². The fourth-order valence-corrected chi connectivity index (χ4v) is 1.17. The topological polar surface area (TPSA) is 45.2 Å². The summed E-state index contributed by atoms with van der Waals surface area (Å²) in [4.78, 5) is 17.1. The number of nitrogens with zero attached hydrogens (tertiary/aromatic N) is 2. The van der Waals surface area contributed by atoms with Gasteiger partial charge in [0.2, 0.25) is 0 Å². The predicted octanol–water partition coefficient (Wildman–Crippen LogP) is 1.39. The van der Waals surface area contributed by atoms with Gasteiger partial charge in [-0.25, -0.2) is 4.79 Å². The third kappa shape index (κ3) is 2.02. The third-order valence-corrected chi connectivity index (χ3v) is 2.24. The van der Waals surface area contributed by atoms with Gasteiger partial charge < -0.3 is 5.32 Å². The third-order valence-electron chi connectivity index (χ3n) is 2.24. The van der Waals surface area contributed by atoms with E-state index in [0.29, 0.717) is 6.04 Å². The molecule has 1 N–H and O–H groups in total. The molecule has 4 heteroatoms. The standard InChI is InChI=1S/C10H13N3O/c1-13(9-3-2-6-11-7-9)10(14)12-8-4-5-8/h2-3,6-8H,4-5H2,1H3,(H,12,14). The van der Waals surface area contributed by atoms with E-state index in [0.717, 1.165) is 18.5 Å². The van der Waals surface area contributed by atoms with Crippen LogP contribution in [-0.4, -0.2) is 24.1 Å². The lowest BCUT2D eigenvalue weighted by Gasteiger charge is -2.17. The molecule has 2 rings (SSSR count). The summed E-state index contributed by atoms with van der Waals surface area (Å²) in [5.41, 5.74) is 0.811. The molecule has 2 amide bonds. The zero-order chi connectivity index (χ0) is 9.97. The lowest BCUT2D eigenvalue weighted by atomic mass is 10.4. The van der Waals surface area contributed by atoms with Crippen molar-refractivity contribution in [1.82, 2.24) is 10.3 Å². The molecule has 1 aromatic rings. The van der Waals surface area contributed by atoms with Crippen LogP contribution in [0.3, 0.4) is 0 Å². The van der Waals surface area contributed by atoms with Gasteiger partial charge in [-0.2, -0.15) is 0 Å². The number of carbonyl (C=O) groups excluding carboxylic acids is 1. The average molecular weight is 191 g/mol. The van der Waals surface area contributed by atoms with Crippen molar-refractivity contribution in [2.75, 3.05) is 11.9 Å². The highest BCUT2D eigenvalue weighted by molar-refractivity contribution is 5.91. The van der Waals surface area contributed by atoms with Crippen molar-refractivity contribution in [2.24, 2.45) is 0 Å². The Morgan fingerprint density at radius 3 is 3.00 bits per heavy atom. The number of urea groups is 1. The molecule has 74 valence electrons. The van der Waals surface area contributed by atoms with E-state index >= 15 is 0 Å². The van der Waals surface area contributed by atoms with Crippen LogP contribution in [-0.2, 0) is 0 Å². The molecule has 1 saturated carbocycles. The number of pyridine rings is 1. The highest BCUT2D eigenvalue weighted by atomic mass is 16.2. The summed E-state index contributed by atoms with van der Waals surface area (Å²) in [5, 5.41) is 2.91. The van der Waals surface area contributed by atoms with E-state index in [1.807, 2.05) is 12.1 Å². The van der Waals surface area contributed by atoms with Crippen molar-refractivity contribution >= 4 is 11.7 Å². The predicted molar refractivity (Wildman–Crippen MR) is 54.2 cm³/mol. The molecule has 4 nitrogen and oxygen atoms in total. The smallest absolute Gasteiger partial charge is 0.321 e. The molecule has 0 spiro atoms. The minimum absolute atomic E-state index is 0.0551. The minimum Gasteiger partial charge on any atom is -0.335 e. The quantitative estimate of drug-likeness (QED) is 0.767. The SMILES string of the molecule is CN(C(=O)NC1CC1)c1cccnc1. The maximum absolute atomic E-state index is 11.6. The Labute approximate surface area is 82.9 Å². The Balaban J connectivity index is 1.99. The molecular formula is C10H13N3O. The number of hydrogen-bond donors (Lipinski definition) is 1. The highest BCUT2D eigenvalue weighted by Gasteiger charge is 2.24. The van der Waals surface area contributed by atoms with Gasteiger partial charge in [-0.05, 0) is 25.0 Å². The van der Waals surface area contributed by atoms with Gasteiger partial charge in [0.15, 0.2) is 0 Å². The lowest BCUT2D eigenvalue weighted by Crippen LogP contribution is -2.38. The maximum Gasteiger partial charge on any atom is 0.321 e. The number of hydrogen-bond acceptors (Lipinski definition) is 2. The average Bonchev–Trinajstić information content (AvgIpc) is 3.02. The molecule has 0 unspecified atom stereocenters. The van der Waals surface area contributed by atoms with Gasteiger partial charge in [-0.3, -0.25) is 9.88 Å². The Morgan fingerprint density at radius 2 is 2.43 bits per heavy atom. The number of rotatable bonds is 2. The Kier molecular flexibility index (Phi) is 2.35. The summed E-state index contributed by atoms with van der Waals surface area (Å²) >= 11 is 0. The molecule has 1 fully saturated rings. The highest BCUT2D eigenvalue weighted by Crippen LogP contribution is 2.19. The number of anilines is 1. The van der Waals surface area contributed by atoms with Crippen LogP contribution in [0.1, 0.15) is 12.8 Å². The Bertz CT molecular complexity index is 321. The van der Waals surface area contributed by atoms with Crippen molar-refractivity contribution in [3.63, 3.8) is 0 Å². The van der Waals surface area contributed by atoms with Crippen LogP contribution < -0.4 is 10.2 Å². The molecule has 1 heterocycles. The normalized spacial score (nSPS) is 14.9. The molecule has 0 saturated heterocycles. The molecule has 14 heavy (non-hydrogen) atoms. The molecular weight excluding hydrogens is 178 g/mol. The molecule has 0 atom stereocenters. The van der Waals surface area contributed by atoms with E-state index in [2.05, 4.69) is 10.3 Å². The molecule has 0 radical (unpaired) electrons. The van der Waals surface area contributed by atoms with Crippen LogP contribution in [0.5, 0.6) is 0 Å². The number of aromatic nitrogens is 1. The summed E-state index contributed by atoms with van der Waals surface area (Å²) in [7, 11) is 1.74. The van der Waals surface area contributed by atoms with E-state index in [9.17, 15) is 4.79 Å². The fourth-order valence-electron chi connectivity index (χ4n) is 1.17. The number of nitrogens with one attached hydrogen (secondary N) is 1. The molecule has 1 aromatic heterocycles. The van der Waals surface area contributed by atoms with Crippen LogP contribution in [0, 0.1) is 0 Å². The second-order valence-electron chi connectivity index (χ2n) is 3.49.